The summed E-state index contributed by atoms with van der Waals surface area (Å²) in [7, 11) is 0. The summed E-state index contributed by atoms with van der Waals surface area (Å²) >= 11 is 0. The lowest BCUT2D eigenvalue weighted by molar-refractivity contribution is -0.125. The number of ketones is 2. The Hall–Kier alpha value is -3.56. The minimum Gasteiger partial charge on any atom is -0.385 e. The lowest BCUT2D eigenvalue weighted by Crippen LogP contribution is -2.35. The van der Waals surface area contributed by atoms with Crippen LogP contribution in [0.2, 0.25) is 0 Å². The molecule has 0 spiro atoms. The van der Waals surface area contributed by atoms with Gasteiger partial charge in [0.2, 0.25) is 0 Å². The van der Waals surface area contributed by atoms with Crippen LogP contribution in [0.5, 0.6) is 0 Å². The highest BCUT2D eigenvalue weighted by Crippen LogP contribution is 2.42. The molecule has 2 atom stereocenters. The monoisotopic (exact) mass is 594 g/mol. The molecule has 1 N–H and O–H groups in total. The molecular weight excluding hydrogens is 540 g/mol. The molecule has 0 aliphatic heterocycles. The highest BCUT2D eigenvalue weighted by Gasteiger charge is 2.37. The molecule has 44 heavy (non-hydrogen) atoms. The van der Waals surface area contributed by atoms with Crippen LogP contribution in [-0.2, 0) is 9.59 Å². The quantitative estimate of drug-likeness (QED) is 0.256. The van der Waals surface area contributed by atoms with Gasteiger partial charge in [-0.15, -0.1) is 0 Å². The summed E-state index contributed by atoms with van der Waals surface area (Å²) in [6, 6.07) is 0. The van der Waals surface area contributed by atoms with Crippen LogP contribution >= 0.6 is 0 Å². The molecule has 0 radical (unpaired) electrons. The zero-order valence-corrected chi connectivity index (χ0v) is 28.9. The van der Waals surface area contributed by atoms with E-state index in [0.717, 1.165) is 45.4 Å². The maximum atomic E-state index is 12.5. The molecule has 0 heterocycles. The maximum Gasteiger partial charge on any atom is 0.187 e. The molecule has 3 nitrogen and oxygen atoms in total. The summed E-state index contributed by atoms with van der Waals surface area (Å²) in [6.45, 7) is 22.6. The van der Waals surface area contributed by atoms with Crippen LogP contribution in [-0.4, -0.2) is 22.8 Å². The normalized spacial score (nSPS) is 24.5. The van der Waals surface area contributed by atoms with Crippen molar-refractivity contribution in [3.05, 3.63) is 130 Å². The van der Waals surface area contributed by atoms with Crippen molar-refractivity contribution in [2.75, 3.05) is 0 Å². The van der Waals surface area contributed by atoms with Gasteiger partial charge in [0, 0.05) is 5.92 Å². The Labute approximate surface area is 267 Å². The van der Waals surface area contributed by atoms with Gasteiger partial charge in [-0.3, -0.25) is 9.59 Å². The van der Waals surface area contributed by atoms with Crippen LogP contribution in [0.3, 0.4) is 0 Å². The summed E-state index contributed by atoms with van der Waals surface area (Å²) in [4.78, 5) is 24.7. The van der Waals surface area contributed by atoms with E-state index < -0.39 is 6.10 Å². The van der Waals surface area contributed by atoms with Crippen molar-refractivity contribution in [3.63, 3.8) is 0 Å². The predicted octanol–water partition coefficient (Wildman–Crippen LogP) is 10.2. The fourth-order valence-corrected chi connectivity index (χ4v) is 6.03. The smallest absolute Gasteiger partial charge is 0.187 e. The first kappa shape index (κ1) is 36.6. The molecule has 0 bridgehead atoms. The molecule has 2 aliphatic rings. The van der Waals surface area contributed by atoms with Crippen molar-refractivity contribution >= 4 is 11.6 Å². The number of Topliss-reactive ketones (excluding diaryl/α,β-unsaturated/α-hetero) is 2. The second-order valence-electron chi connectivity index (χ2n) is 13.8. The van der Waals surface area contributed by atoms with Crippen LogP contribution in [0.1, 0.15) is 89.0 Å². The Morgan fingerprint density at radius 2 is 0.977 bits per heavy atom. The van der Waals surface area contributed by atoms with Gasteiger partial charge in [-0.1, -0.05) is 142 Å². The van der Waals surface area contributed by atoms with Gasteiger partial charge in [0.1, 0.15) is 6.10 Å². The first-order chi connectivity index (χ1) is 20.5. The van der Waals surface area contributed by atoms with Crippen LogP contribution in [0.15, 0.2) is 130 Å². The number of allylic oxidation sites excluding steroid dienone is 21. The molecule has 3 heteroatoms. The SMILES string of the molecule is CC1=C(/C=C/C(C)=C/C=C/C(C)=C/C=C/C=C(C)/C=C/C=C(C)/C=C/C2=C(C)C(=O)[C@@H](O)CC2(C)C)C(C)(C)C[C@H](C)C1=O. The van der Waals surface area contributed by atoms with E-state index in [1.54, 1.807) is 6.92 Å². The Balaban J connectivity index is 1.95. The number of rotatable bonds is 10. The summed E-state index contributed by atoms with van der Waals surface area (Å²) in [6.07, 6.45) is 29.3. The molecule has 0 aromatic carbocycles. The highest BCUT2D eigenvalue weighted by molar-refractivity contribution is 6.00. The third-order valence-electron chi connectivity index (χ3n) is 8.57. The summed E-state index contributed by atoms with van der Waals surface area (Å²) in [5.74, 6) is 0.194. The minimum atomic E-state index is -0.901. The largest absolute Gasteiger partial charge is 0.385 e. The van der Waals surface area contributed by atoms with Gasteiger partial charge >= 0.3 is 0 Å². The first-order valence-corrected chi connectivity index (χ1v) is 15.7. The van der Waals surface area contributed by atoms with E-state index in [2.05, 4.69) is 97.1 Å². The average molecular weight is 595 g/mol. The van der Waals surface area contributed by atoms with Crippen LogP contribution < -0.4 is 0 Å². The molecule has 0 saturated heterocycles. The zero-order chi connectivity index (χ0) is 33.2. The fraction of sp³-hybridized carbons (Fsp3) is 0.415. The summed E-state index contributed by atoms with van der Waals surface area (Å²) in [5.41, 5.74) is 7.95. The minimum absolute atomic E-state index is 0.00475. The lowest BCUT2D eigenvalue weighted by Gasteiger charge is -2.35. The second-order valence-corrected chi connectivity index (χ2v) is 13.8. The van der Waals surface area contributed by atoms with Gasteiger partial charge in [-0.2, -0.15) is 0 Å². The van der Waals surface area contributed by atoms with Gasteiger partial charge in [-0.05, 0) is 87.5 Å². The van der Waals surface area contributed by atoms with Gasteiger partial charge < -0.3 is 5.11 Å². The van der Waals surface area contributed by atoms with Gasteiger partial charge in [0.25, 0.3) is 0 Å². The van der Waals surface area contributed by atoms with Crippen molar-refractivity contribution in [1.82, 2.24) is 0 Å². The van der Waals surface area contributed by atoms with E-state index in [4.69, 9.17) is 0 Å². The van der Waals surface area contributed by atoms with E-state index in [1.165, 1.54) is 0 Å². The van der Waals surface area contributed by atoms with Crippen LogP contribution in [0.4, 0.5) is 0 Å². The van der Waals surface area contributed by atoms with E-state index in [0.29, 0.717) is 12.0 Å². The highest BCUT2D eigenvalue weighted by atomic mass is 16.3. The molecule has 0 saturated carbocycles. The number of carbonyl (C=O) groups excluding carboxylic acids is 2. The Morgan fingerprint density at radius 3 is 1.43 bits per heavy atom. The topological polar surface area (TPSA) is 54.4 Å². The van der Waals surface area contributed by atoms with Crippen molar-refractivity contribution in [2.45, 2.75) is 95.1 Å². The van der Waals surface area contributed by atoms with Crippen molar-refractivity contribution in [2.24, 2.45) is 16.7 Å². The van der Waals surface area contributed by atoms with Crippen molar-refractivity contribution < 1.29 is 14.7 Å². The van der Waals surface area contributed by atoms with E-state index in [1.807, 2.05) is 57.2 Å². The molecule has 0 unspecified atom stereocenters. The molecule has 0 aromatic heterocycles. The molecule has 0 aromatic rings. The van der Waals surface area contributed by atoms with Gasteiger partial charge in [-0.25, -0.2) is 0 Å². The Kier molecular flexibility index (Phi) is 13.3. The van der Waals surface area contributed by atoms with Crippen molar-refractivity contribution in [1.29, 1.82) is 0 Å². The molecule has 2 rings (SSSR count). The maximum absolute atomic E-state index is 12.5. The fourth-order valence-electron chi connectivity index (χ4n) is 6.03. The van der Waals surface area contributed by atoms with E-state index in [-0.39, 0.29) is 28.3 Å². The molecule has 0 fully saturated rings. The Bertz CT molecular complexity index is 1340. The number of hydrogen-bond acceptors (Lipinski definition) is 3. The lowest BCUT2D eigenvalue weighted by atomic mass is 9.68. The van der Waals surface area contributed by atoms with Crippen LogP contribution in [0, 0.1) is 16.7 Å². The second kappa shape index (κ2) is 16.0. The zero-order valence-electron chi connectivity index (χ0n) is 28.9. The predicted molar refractivity (Wildman–Crippen MR) is 188 cm³/mol. The number of hydrogen-bond donors (Lipinski definition) is 1. The summed E-state index contributed by atoms with van der Waals surface area (Å²) in [5, 5.41) is 10.0. The Morgan fingerprint density at radius 1 is 0.614 bits per heavy atom. The van der Waals surface area contributed by atoms with Crippen LogP contribution in [0.25, 0.3) is 0 Å². The van der Waals surface area contributed by atoms with E-state index in [9.17, 15) is 14.7 Å². The third-order valence-corrected chi connectivity index (χ3v) is 8.57. The molecular formula is C41H54O3. The number of aliphatic hydroxyl groups excluding tert-OH is 1. The summed E-state index contributed by atoms with van der Waals surface area (Å²) < 4.78 is 0. The van der Waals surface area contributed by atoms with Gasteiger partial charge in [0.05, 0.1) is 0 Å². The first-order valence-electron chi connectivity index (χ1n) is 15.7. The standard InChI is InChI=1S/C41H54O3/c1-28(18-14-20-30(3)22-24-35-33(6)38(43)32(5)26-40(35,8)9)16-12-13-17-29(2)19-15-21-31(4)23-25-36-34(7)39(44)37(42)27-41(36,10)11/h12-25,32,37,42H,26-27H2,1-11H3/b13-12+,18-14+,19-15+,24-22+,25-23+,28-16+,29-17+,30-20+,31-21+/t32-,37-/m0/s1. The number of carbonyl (C=O) groups is 2. The molecule has 0 amide bonds. The van der Waals surface area contributed by atoms with Gasteiger partial charge in [0.15, 0.2) is 11.6 Å². The molecule has 236 valence electrons. The number of aliphatic hydroxyl groups is 1. The molecule has 2 aliphatic carbocycles. The van der Waals surface area contributed by atoms with E-state index >= 15 is 0 Å². The third kappa shape index (κ3) is 10.6. The van der Waals surface area contributed by atoms with Crippen molar-refractivity contribution in [3.8, 4) is 0 Å². The average Bonchev–Trinajstić information content (AvgIpc) is 2.92.